The minimum Gasteiger partial charge on any atom is -0.465 e. The standard InChI is InChI=1S/C20H21NO2S/c1-3-23-20(22)13-21-12-19(17-10-6-7-11-18(17)21)24-14-16-9-5-4-8-15(16)2/h4-12H,3,13-14H2,1-2H3. The summed E-state index contributed by atoms with van der Waals surface area (Å²) >= 11 is 1.81. The molecular weight excluding hydrogens is 318 g/mol. The molecule has 0 saturated heterocycles. The summed E-state index contributed by atoms with van der Waals surface area (Å²) < 4.78 is 7.06. The molecule has 1 aromatic heterocycles. The molecule has 4 heteroatoms. The normalized spacial score (nSPS) is 10.9. The van der Waals surface area contributed by atoms with Gasteiger partial charge in [0.25, 0.3) is 0 Å². The number of thioether (sulfide) groups is 1. The summed E-state index contributed by atoms with van der Waals surface area (Å²) in [5.74, 6) is 0.716. The van der Waals surface area contributed by atoms with Crippen molar-refractivity contribution in [2.45, 2.75) is 31.0 Å². The van der Waals surface area contributed by atoms with E-state index in [9.17, 15) is 4.79 Å². The van der Waals surface area contributed by atoms with Gasteiger partial charge in [0.05, 0.1) is 6.61 Å². The molecule has 0 unspecified atom stereocenters. The highest BCUT2D eigenvalue weighted by Gasteiger charge is 2.12. The lowest BCUT2D eigenvalue weighted by Crippen LogP contribution is -2.12. The van der Waals surface area contributed by atoms with Crippen LogP contribution in [0.2, 0.25) is 0 Å². The van der Waals surface area contributed by atoms with Crippen LogP contribution in [0, 0.1) is 6.92 Å². The molecule has 3 nitrogen and oxygen atoms in total. The molecule has 0 atom stereocenters. The van der Waals surface area contributed by atoms with Gasteiger partial charge < -0.3 is 9.30 Å². The zero-order valence-electron chi connectivity index (χ0n) is 14.0. The van der Waals surface area contributed by atoms with E-state index in [1.165, 1.54) is 21.4 Å². The Morgan fingerprint density at radius 1 is 1.12 bits per heavy atom. The van der Waals surface area contributed by atoms with Crippen LogP contribution in [0.4, 0.5) is 0 Å². The van der Waals surface area contributed by atoms with Crippen molar-refractivity contribution in [2.75, 3.05) is 6.61 Å². The third-order valence-corrected chi connectivity index (χ3v) is 5.09. The van der Waals surface area contributed by atoms with Gasteiger partial charge in [-0.2, -0.15) is 0 Å². The number of benzene rings is 2. The molecule has 2 aromatic carbocycles. The van der Waals surface area contributed by atoms with Gasteiger partial charge in [-0.25, -0.2) is 0 Å². The molecule has 0 amide bonds. The average molecular weight is 339 g/mol. The van der Waals surface area contributed by atoms with Crippen LogP contribution in [0.25, 0.3) is 10.9 Å². The molecule has 0 bridgehead atoms. The van der Waals surface area contributed by atoms with E-state index in [0.29, 0.717) is 6.61 Å². The highest BCUT2D eigenvalue weighted by molar-refractivity contribution is 7.98. The third kappa shape index (κ3) is 3.65. The van der Waals surface area contributed by atoms with Crippen molar-refractivity contribution >= 4 is 28.6 Å². The van der Waals surface area contributed by atoms with E-state index in [0.717, 1.165) is 11.3 Å². The smallest absolute Gasteiger partial charge is 0.325 e. The van der Waals surface area contributed by atoms with Gasteiger partial charge in [-0.3, -0.25) is 4.79 Å². The lowest BCUT2D eigenvalue weighted by atomic mass is 10.1. The first-order valence-electron chi connectivity index (χ1n) is 8.10. The fourth-order valence-electron chi connectivity index (χ4n) is 2.73. The van der Waals surface area contributed by atoms with Crippen molar-refractivity contribution in [3.8, 4) is 0 Å². The predicted molar refractivity (Wildman–Crippen MR) is 99.3 cm³/mol. The lowest BCUT2D eigenvalue weighted by Gasteiger charge is -2.04. The highest BCUT2D eigenvalue weighted by atomic mass is 32.2. The number of ether oxygens (including phenoxy) is 1. The second-order valence-corrected chi connectivity index (χ2v) is 6.68. The van der Waals surface area contributed by atoms with Crippen molar-refractivity contribution < 1.29 is 9.53 Å². The SMILES string of the molecule is CCOC(=O)Cn1cc(SCc2ccccc2C)c2ccccc21. The van der Waals surface area contributed by atoms with E-state index in [1.54, 1.807) is 11.8 Å². The van der Waals surface area contributed by atoms with Gasteiger partial charge in [-0.05, 0) is 31.0 Å². The number of para-hydroxylation sites is 1. The summed E-state index contributed by atoms with van der Waals surface area (Å²) in [5.41, 5.74) is 3.71. The highest BCUT2D eigenvalue weighted by Crippen LogP contribution is 2.32. The minimum absolute atomic E-state index is 0.200. The maximum absolute atomic E-state index is 11.8. The molecular formula is C20H21NO2S. The van der Waals surface area contributed by atoms with Crippen LogP contribution >= 0.6 is 11.8 Å². The summed E-state index contributed by atoms with van der Waals surface area (Å²) in [6, 6.07) is 16.6. The van der Waals surface area contributed by atoms with E-state index in [4.69, 9.17) is 4.74 Å². The van der Waals surface area contributed by atoms with E-state index in [-0.39, 0.29) is 12.5 Å². The molecule has 1 heterocycles. The van der Waals surface area contributed by atoms with E-state index in [1.807, 2.05) is 29.7 Å². The topological polar surface area (TPSA) is 31.2 Å². The van der Waals surface area contributed by atoms with Crippen molar-refractivity contribution in [3.05, 3.63) is 65.9 Å². The molecule has 0 aliphatic rings. The Labute approximate surface area is 146 Å². The van der Waals surface area contributed by atoms with E-state index in [2.05, 4.69) is 43.5 Å². The molecule has 0 fully saturated rings. The minimum atomic E-state index is -0.200. The van der Waals surface area contributed by atoms with Gasteiger partial charge >= 0.3 is 5.97 Å². The van der Waals surface area contributed by atoms with Crippen LogP contribution in [0.3, 0.4) is 0 Å². The molecule has 0 aliphatic carbocycles. The molecule has 0 spiro atoms. The Kier molecular flexibility index (Phi) is 5.26. The zero-order chi connectivity index (χ0) is 16.9. The average Bonchev–Trinajstić information content (AvgIpc) is 2.92. The number of nitrogens with zero attached hydrogens (tertiary/aromatic N) is 1. The summed E-state index contributed by atoms with van der Waals surface area (Å²) in [5, 5.41) is 1.18. The predicted octanol–water partition coefficient (Wildman–Crippen LogP) is 4.81. The summed E-state index contributed by atoms with van der Waals surface area (Å²) in [7, 11) is 0. The van der Waals surface area contributed by atoms with Gasteiger partial charge in [0.1, 0.15) is 6.54 Å². The largest absolute Gasteiger partial charge is 0.465 e. The molecule has 0 aliphatic heterocycles. The molecule has 124 valence electrons. The van der Waals surface area contributed by atoms with Gasteiger partial charge in [0.15, 0.2) is 0 Å². The fraction of sp³-hybridized carbons (Fsp3) is 0.250. The molecule has 3 aromatic rings. The first-order valence-corrected chi connectivity index (χ1v) is 9.08. The Hall–Kier alpha value is -2.20. The maximum Gasteiger partial charge on any atom is 0.325 e. The molecule has 3 rings (SSSR count). The van der Waals surface area contributed by atoms with Crippen LogP contribution < -0.4 is 0 Å². The summed E-state index contributed by atoms with van der Waals surface area (Å²) in [4.78, 5) is 13.0. The van der Waals surface area contributed by atoms with Crippen LogP contribution in [0.15, 0.2) is 59.6 Å². The Bertz CT molecular complexity index is 854. The van der Waals surface area contributed by atoms with Crippen LogP contribution in [0.5, 0.6) is 0 Å². The number of aromatic nitrogens is 1. The second-order valence-electron chi connectivity index (χ2n) is 5.66. The second kappa shape index (κ2) is 7.58. The Morgan fingerprint density at radius 3 is 2.67 bits per heavy atom. The third-order valence-electron chi connectivity index (χ3n) is 4.00. The fourth-order valence-corrected chi connectivity index (χ4v) is 3.90. The van der Waals surface area contributed by atoms with Crippen LogP contribution in [0.1, 0.15) is 18.1 Å². The molecule has 24 heavy (non-hydrogen) atoms. The van der Waals surface area contributed by atoms with Crippen molar-refractivity contribution in [1.82, 2.24) is 4.57 Å². The number of aryl methyl sites for hydroxylation is 1. The number of carbonyl (C=O) groups excluding carboxylic acids is 1. The lowest BCUT2D eigenvalue weighted by molar-refractivity contribution is -0.143. The van der Waals surface area contributed by atoms with E-state index < -0.39 is 0 Å². The number of esters is 1. The van der Waals surface area contributed by atoms with Gasteiger partial charge in [0.2, 0.25) is 0 Å². The van der Waals surface area contributed by atoms with Gasteiger partial charge in [-0.15, -0.1) is 11.8 Å². The van der Waals surface area contributed by atoms with Gasteiger partial charge in [0, 0.05) is 27.7 Å². The summed E-state index contributed by atoms with van der Waals surface area (Å²) in [6.07, 6.45) is 2.06. The Morgan fingerprint density at radius 2 is 1.88 bits per heavy atom. The van der Waals surface area contributed by atoms with Crippen molar-refractivity contribution in [3.63, 3.8) is 0 Å². The first kappa shape index (κ1) is 16.7. The zero-order valence-corrected chi connectivity index (χ0v) is 14.8. The van der Waals surface area contributed by atoms with Crippen LogP contribution in [-0.4, -0.2) is 17.1 Å². The van der Waals surface area contributed by atoms with Crippen molar-refractivity contribution in [1.29, 1.82) is 0 Å². The molecule has 0 N–H and O–H groups in total. The quantitative estimate of drug-likeness (QED) is 0.477. The number of rotatable bonds is 6. The number of hydrogen-bond acceptors (Lipinski definition) is 3. The van der Waals surface area contributed by atoms with E-state index >= 15 is 0 Å². The Balaban J connectivity index is 1.85. The monoisotopic (exact) mass is 339 g/mol. The number of carbonyl (C=O) groups is 1. The van der Waals surface area contributed by atoms with Gasteiger partial charge in [-0.1, -0.05) is 42.5 Å². The maximum atomic E-state index is 11.8. The van der Waals surface area contributed by atoms with Crippen molar-refractivity contribution in [2.24, 2.45) is 0 Å². The number of hydrogen-bond donors (Lipinski definition) is 0. The summed E-state index contributed by atoms with van der Waals surface area (Å²) in [6.45, 7) is 4.63. The number of fused-ring (bicyclic) bond motifs is 1. The van der Waals surface area contributed by atoms with Crippen LogP contribution in [-0.2, 0) is 21.8 Å². The molecule has 0 saturated carbocycles. The first-order chi connectivity index (χ1) is 11.7. The molecule has 0 radical (unpaired) electrons.